The van der Waals surface area contributed by atoms with Crippen LogP contribution in [0.2, 0.25) is 0 Å². The van der Waals surface area contributed by atoms with Crippen LogP contribution in [0.4, 0.5) is 0 Å². The van der Waals surface area contributed by atoms with Crippen molar-refractivity contribution in [1.82, 2.24) is 5.32 Å². The molecule has 0 aliphatic rings. The van der Waals surface area contributed by atoms with Crippen molar-refractivity contribution < 1.29 is 5.11 Å². The highest BCUT2D eigenvalue weighted by Crippen LogP contribution is 2.16. The third-order valence-electron chi connectivity index (χ3n) is 2.56. The largest absolute Gasteiger partial charge is 0.396 e. The van der Waals surface area contributed by atoms with Crippen molar-refractivity contribution in [2.45, 2.75) is 32.9 Å². The number of nitriles is 1. The van der Waals surface area contributed by atoms with Gasteiger partial charge in [0.25, 0.3) is 0 Å². The summed E-state index contributed by atoms with van der Waals surface area (Å²) < 4.78 is 0. The first-order valence-corrected chi connectivity index (χ1v) is 6.32. The van der Waals surface area contributed by atoms with Crippen molar-refractivity contribution in [3.8, 4) is 6.07 Å². The fourth-order valence-corrected chi connectivity index (χ4v) is 2.33. The average Bonchev–Trinajstić information content (AvgIpc) is 2.71. The van der Waals surface area contributed by atoms with E-state index in [-0.39, 0.29) is 6.61 Å². The quantitative estimate of drug-likeness (QED) is 0.798. The lowest BCUT2D eigenvalue weighted by Crippen LogP contribution is -2.33. The van der Waals surface area contributed by atoms with Crippen LogP contribution in [0.1, 0.15) is 30.0 Å². The molecule has 0 amide bonds. The summed E-state index contributed by atoms with van der Waals surface area (Å²) in [7, 11) is 0. The second kappa shape index (κ2) is 6.64. The Morgan fingerprint density at radius 1 is 1.50 bits per heavy atom. The minimum atomic E-state index is 0.212. The first-order chi connectivity index (χ1) is 7.67. The van der Waals surface area contributed by atoms with Gasteiger partial charge in [0, 0.05) is 24.1 Å². The Morgan fingerprint density at radius 2 is 2.25 bits per heavy atom. The van der Waals surface area contributed by atoms with Crippen molar-refractivity contribution in [3.63, 3.8) is 0 Å². The van der Waals surface area contributed by atoms with E-state index in [1.165, 1.54) is 16.2 Å². The van der Waals surface area contributed by atoms with Crippen molar-refractivity contribution in [1.29, 1.82) is 5.26 Å². The van der Waals surface area contributed by atoms with Crippen molar-refractivity contribution in [2.24, 2.45) is 5.92 Å². The van der Waals surface area contributed by atoms with Crippen LogP contribution in [-0.2, 0) is 6.54 Å². The molecule has 1 unspecified atom stereocenters. The molecule has 3 nitrogen and oxygen atoms in total. The third kappa shape index (κ3) is 3.93. The number of aliphatic hydroxyl groups excluding tert-OH is 1. The smallest absolute Gasteiger partial charge is 0.110 e. The molecule has 4 heteroatoms. The van der Waals surface area contributed by atoms with E-state index < -0.39 is 0 Å². The maximum absolute atomic E-state index is 8.94. The molecule has 1 atom stereocenters. The Kier molecular flexibility index (Phi) is 5.47. The molecule has 0 radical (unpaired) electrons. The highest BCUT2D eigenvalue weighted by atomic mass is 32.1. The van der Waals surface area contributed by atoms with Gasteiger partial charge in [-0.15, -0.1) is 11.3 Å². The Hall–Kier alpha value is -0.890. The summed E-state index contributed by atoms with van der Waals surface area (Å²) in [6, 6.07) is 6.29. The van der Waals surface area contributed by atoms with Crippen LogP contribution in [0.15, 0.2) is 12.1 Å². The lowest BCUT2D eigenvalue weighted by Gasteiger charge is -2.21. The first kappa shape index (κ1) is 13.2. The summed E-state index contributed by atoms with van der Waals surface area (Å²) in [6.45, 7) is 5.27. The molecule has 16 heavy (non-hydrogen) atoms. The molecule has 0 aliphatic carbocycles. The number of nitrogens with zero attached hydrogens (tertiary/aromatic N) is 1. The summed E-state index contributed by atoms with van der Waals surface area (Å²) in [5, 5.41) is 21.1. The highest BCUT2D eigenvalue weighted by molar-refractivity contribution is 7.12. The predicted octanol–water partition coefficient (Wildman–Crippen LogP) is 2.12. The molecule has 0 aromatic carbocycles. The summed E-state index contributed by atoms with van der Waals surface area (Å²) in [6.07, 6.45) is 0.772. The van der Waals surface area contributed by atoms with E-state index in [0.717, 1.165) is 17.8 Å². The standard InChI is InChI=1S/C12H18N2OS/c1-9(2)12(5-6-15)14-8-11-4-3-10(7-13)16-11/h3-4,9,12,14-15H,5-6,8H2,1-2H3. The van der Waals surface area contributed by atoms with Gasteiger partial charge in [-0.2, -0.15) is 5.26 Å². The van der Waals surface area contributed by atoms with Gasteiger partial charge >= 0.3 is 0 Å². The predicted molar refractivity (Wildman–Crippen MR) is 66.2 cm³/mol. The van der Waals surface area contributed by atoms with E-state index in [0.29, 0.717) is 12.0 Å². The van der Waals surface area contributed by atoms with E-state index in [1.54, 1.807) is 0 Å². The maximum atomic E-state index is 8.94. The van der Waals surface area contributed by atoms with Gasteiger partial charge in [0.15, 0.2) is 0 Å². The van der Waals surface area contributed by atoms with Crippen LogP contribution in [0.25, 0.3) is 0 Å². The average molecular weight is 238 g/mol. The van der Waals surface area contributed by atoms with Gasteiger partial charge in [0.2, 0.25) is 0 Å². The number of aliphatic hydroxyl groups is 1. The molecule has 0 spiro atoms. The SMILES string of the molecule is CC(C)C(CCO)NCc1ccc(C#N)s1. The molecule has 0 saturated carbocycles. The lowest BCUT2D eigenvalue weighted by atomic mass is 10.0. The van der Waals surface area contributed by atoms with Gasteiger partial charge in [0.05, 0.1) is 0 Å². The number of nitrogens with one attached hydrogen (secondary N) is 1. The normalized spacial score (nSPS) is 12.7. The highest BCUT2D eigenvalue weighted by Gasteiger charge is 2.12. The zero-order chi connectivity index (χ0) is 12.0. The molecule has 1 heterocycles. The van der Waals surface area contributed by atoms with Crippen LogP contribution in [-0.4, -0.2) is 17.8 Å². The minimum Gasteiger partial charge on any atom is -0.396 e. The monoisotopic (exact) mass is 238 g/mol. The van der Waals surface area contributed by atoms with Crippen LogP contribution < -0.4 is 5.32 Å². The van der Waals surface area contributed by atoms with E-state index in [4.69, 9.17) is 10.4 Å². The van der Waals surface area contributed by atoms with E-state index in [9.17, 15) is 0 Å². The Morgan fingerprint density at radius 3 is 2.75 bits per heavy atom. The fourth-order valence-electron chi connectivity index (χ4n) is 1.57. The van der Waals surface area contributed by atoms with Gasteiger partial charge < -0.3 is 10.4 Å². The number of thiophene rings is 1. The number of rotatable bonds is 6. The topological polar surface area (TPSA) is 56.0 Å². The van der Waals surface area contributed by atoms with Gasteiger partial charge in [-0.3, -0.25) is 0 Å². The van der Waals surface area contributed by atoms with Crippen LogP contribution in [0.5, 0.6) is 0 Å². The number of hydrogen-bond donors (Lipinski definition) is 2. The molecule has 0 saturated heterocycles. The Bertz CT molecular complexity index is 354. The zero-order valence-corrected chi connectivity index (χ0v) is 10.5. The summed E-state index contributed by atoms with van der Waals surface area (Å²) in [5.41, 5.74) is 0. The summed E-state index contributed by atoms with van der Waals surface area (Å²) >= 11 is 1.52. The van der Waals surface area contributed by atoms with Crippen molar-refractivity contribution >= 4 is 11.3 Å². The van der Waals surface area contributed by atoms with E-state index >= 15 is 0 Å². The molecule has 1 aromatic heterocycles. The molecule has 0 bridgehead atoms. The Labute approximate surface area is 101 Å². The van der Waals surface area contributed by atoms with Crippen LogP contribution in [0, 0.1) is 17.2 Å². The van der Waals surface area contributed by atoms with E-state index in [2.05, 4.69) is 25.2 Å². The van der Waals surface area contributed by atoms with Crippen LogP contribution >= 0.6 is 11.3 Å². The van der Waals surface area contributed by atoms with Gasteiger partial charge in [-0.1, -0.05) is 13.8 Å². The second-order valence-corrected chi connectivity index (χ2v) is 5.29. The first-order valence-electron chi connectivity index (χ1n) is 5.50. The third-order valence-corrected chi connectivity index (χ3v) is 3.55. The molecular formula is C12H18N2OS. The zero-order valence-electron chi connectivity index (χ0n) is 9.73. The number of hydrogen-bond acceptors (Lipinski definition) is 4. The minimum absolute atomic E-state index is 0.212. The van der Waals surface area contributed by atoms with Crippen LogP contribution in [0.3, 0.4) is 0 Å². The molecule has 0 fully saturated rings. The van der Waals surface area contributed by atoms with Crippen molar-refractivity contribution in [3.05, 3.63) is 21.9 Å². The maximum Gasteiger partial charge on any atom is 0.110 e. The van der Waals surface area contributed by atoms with Gasteiger partial charge in [-0.05, 0) is 24.5 Å². The summed E-state index contributed by atoms with van der Waals surface area (Å²) in [4.78, 5) is 1.92. The van der Waals surface area contributed by atoms with Gasteiger partial charge in [0.1, 0.15) is 10.9 Å². The lowest BCUT2D eigenvalue weighted by molar-refractivity contribution is 0.244. The van der Waals surface area contributed by atoms with Gasteiger partial charge in [-0.25, -0.2) is 0 Å². The molecule has 2 N–H and O–H groups in total. The fraction of sp³-hybridized carbons (Fsp3) is 0.583. The van der Waals surface area contributed by atoms with E-state index in [1.807, 2.05) is 12.1 Å². The van der Waals surface area contributed by atoms with Crippen molar-refractivity contribution in [2.75, 3.05) is 6.61 Å². The molecule has 1 rings (SSSR count). The summed E-state index contributed by atoms with van der Waals surface area (Å²) in [5.74, 6) is 0.502. The Balaban J connectivity index is 2.45. The molecule has 1 aromatic rings. The molecule has 0 aliphatic heterocycles. The second-order valence-electron chi connectivity index (χ2n) is 4.12. The molecule has 88 valence electrons. The molecular weight excluding hydrogens is 220 g/mol.